The molecule has 0 aliphatic carbocycles. The van der Waals surface area contributed by atoms with Gasteiger partial charge in [-0.2, -0.15) is 0 Å². The van der Waals surface area contributed by atoms with E-state index in [0.29, 0.717) is 18.7 Å². The molecule has 0 saturated carbocycles. The number of aromatic carboxylic acids is 1. The van der Waals surface area contributed by atoms with Gasteiger partial charge in [0.05, 0.1) is 11.7 Å². The molecular weight excluding hydrogens is 430 g/mol. The molecule has 0 amide bonds. The van der Waals surface area contributed by atoms with E-state index < -0.39 is 12.1 Å². The Kier molecular flexibility index (Phi) is 8.68. The van der Waals surface area contributed by atoms with Gasteiger partial charge in [0.15, 0.2) is 0 Å². The fourth-order valence-corrected chi connectivity index (χ4v) is 4.02. The third-order valence-electron chi connectivity index (χ3n) is 5.90. The first-order valence-electron chi connectivity index (χ1n) is 11.6. The molecule has 0 unspecified atom stereocenters. The summed E-state index contributed by atoms with van der Waals surface area (Å²) in [6.07, 6.45) is 1.06. The molecule has 3 aromatic carbocycles. The van der Waals surface area contributed by atoms with Crippen molar-refractivity contribution in [1.29, 1.82) is 0 Å². The van der Waals surface area contributed by atoms with Gasteiger partial charge in [0.2, 0.25) is 0 Å². The number of hydrogen-bond acceptors (Lipinski definition) is 5. The smallest absolute Gasteiger partial charge is 0.335 e. The fraction of sp³-hybridized carbons (Fsp3) is 0.321. The number of carboxylic acid groups (broad SMARTS) is 1. The second-order valence-electron chi connectivity index (χ2n) is 8.53. The van der Waals surface area contributed by atoms with E-state index in [2.05, 4.69) is 12.2 Å². The van der Waals surface area contributed by atoms with Crippen molar-refractivity contribution in [2.75, 3.05) is 13.2 Å². The lowest BCUT2D eigenvalue weighted by molar-refractivity contribution is 0.0696. The van der Waals surface area contributed by atoms with Crippen LogP contribution in [0.4, 0.5) is 0 Å². The van der Waals surface area contributed by atoms with Crippen molar-refractivity contribution < 1.29 is 24.9 Å². The number of phenolic OH excluding ortho intramolecular Hbond substituents is 1. The van der Waals surface area contributed by atoms with E-state index in [1.807, 2.05) is 38.1 Å². The van der Waals surface area contributed by atoms with Crippen LogP contribution in [0, 0.1) is 6.92 Å². The lowest BCUT2D eigenvalue weighted by atomic mass is 9.92. The van der Waals surface area contributed by atoms with Gasteiger partial charge in [-0.25, -0.2) is 4.79 Å². The highest BCUT2D eigenvalue weighted by Gasteiger charge is 2.16. The summed E-state index contributed by atoms with van der Waals surface area (Å²) in [5, 5.41) is 32.4. The number of aliphatic hydroxyl groups excluding tert-OH is 1. The minimum absolute atomic E-state index is 0.171. The van der Waals surface area contributed by atoms with Crippen LogP contribution in [-0.2, 0) is 6.42 Å². The van der Waals surface area contributed by atoms with E-state index in [9.17, 15) is 20.1 Å². The van der Waals surface area contributed by atoms with Gasteiger partial charge < -0.3 is 25.4 Å². The Morgan fingerprint density at radius 1 is 1.03 bits per heavy atom. The number of benzene rings is 3. The molecule has 4 N–H and O–H groups in total. The molecule has 0 aliphatic rings. The van der Waals surface area contributed by atoms with Crippen molar-refractivity contribution in [2.45, 2.75) is 45.8 Å². The van der Waals surface area contributed by atoms with E-state index in [0.717, 1.165) is 46.4 Å². The predicted octanol–water partition coefficient (Wildman–Crippen LogP) is 5.11. The molecule has 180 valence electrons. The van der Waals surface area contributed by atoms with Gasteiger partial charge in [-0.3, -0.25) is 0 Å². The topological polar surface area (TPSA) is 99.0 Å². The van der Waals surface area contributed by atoms with Gasteiger partial charge >= 0.3 is 5.97 Å². The summed E-state index contributed by atoms with van der Waals surface area (Å²) in [7, 11) is 0. The summed E-state index contributed by atoms with van der Waals surface area (Å²) in [6, 6.07) is 17.6. The number of aliphatic hydroxyl groups is 1. The number of carboxylic acids is 1. The minimum atomic E-state index is -0.914. The second-order valence-corrected chi connectivity index (χ2v) is 8.53. The van der Waals surface area contributed by atoms with Crippen molar-refractivity contribution in [3.8, 4) is 22.6 Å². The van der Waals surface area contributed by atoms with Crippen LogP contribution in [0.5, 0.6) is 11.5 Å². The van der Waals surface area contributed by atoms with E-state index in [1.165, 1.54) is 0 Å². The van der Waals surface area contributed by atoms with Gasteiger partial charge in [-0.1, -0.05) is 37.6 Å². The Hall–Kier alpha value is -3.35. The van der Waals surface area contributed by atoms with E-state index in [1.54, 1.807) is 36.4 Å². The van der Waals surface area contributed by atoms with Crippen molar-refractivity contribution in [2.24, 2.45) is 0 Å². The van der Waals surface area contributed by atoms with Crippen molar-refractivity contribution in [3.63, 3.8) is 0 Å². The lowest BCUT2D eigenvalue weighted by Gasteiger charge is -2.21. The molecule has 0 bridgehead atoms. The first kappa shape index (κ1) is 25.3. The Balaban J connectivity index is 1.59. The second kappa shape index (κ2) is 11.7. The molecule has 2 atom stereocenters. The van der Waals surface area contributed by atoms with Gasteiger partial charge in [0, 0.05) is 12.6 Å². The minimum Gasteiger partial charge on any atom is -0.508 e. The molecule has 3 aromatic rings. The normalized spacial score (nSPS) is 12.8. The average molecular weight is 464 g/mol. The molecule has 0 fully saturated rings. The monoisotopic (exact) mass is 463 g/mol. The molecule has 34 heavy (non-hydrogen) atoms. The van der Waals surface area contributed by atoms with Gasteiger partial charge in [-0.15, -0.1) is 0 Å². The van der Waals surface area contributed by atoms with Crippen molar-refractivity contribution >= 4 is 5.97 Å². The average Bonchev–Trinajstić information content (AvgIpc) is 2.82. The van der Waals surface area contributed by atoms with E-state index in [-0.39, 0.29) is 11.8 Å². The molecule has 6 heteroatoms. The molecule has 0 aromatic heterocycles. The number of aromatic hydroxyl groups is 1. The zero-order valence-electron chi connectivity index (χ0n) is 19.9. The van der Waals surface area contributed by atoms with Crippen molar-refractivity contribution in [1.82, 2.24) is 5.32 Å². The molecule has 3 rings (SSSR count). The summed E-state index contributed by atoms with van der Waals surface area (Å²) in [5.74, 6) is 0.0157. The summed E-state index contributed by atoms with van der Waals surface area (Å²) in [6.45, 7) is 7.02. The Morgan fingerprint density at radius 2 is 1.74 bits per heavy atom. The van der Waals surface area contributed by atoms with Crippen LogP contribution in [0.1, 0.15) is 53.4 Å². The molecule has 0 radical (unpaired) electrons. The number of aryl methyl sites for hydroxylation is 2. The molecule has 0 saturated heterocycles. The van der Waals surface area contributed by atoms with Crippen LogP contribution >= 0.6 is 0 Å². The van der Waals surface area contributed by atoms with E-state index in [4.69, 9.17) is 4.74 Å². The maximum Gasteiger partial charge on any atom is 0.335 e. The number of ether oxygens (including phenoxy) is 1. The maximum atomic E-state index is 11.4. The highest BCUT2D eigenvalue weighted by molar-refractivity contribution is 5.89. The zero-order valence-corrected chi connectivity index (χ0v) is 19.9. The summed E-state index contributed by atoms with van der Waals surface area (Å²) < 4.78 is 5.90. The van der Waals surface area contributed by atoms with Crippen LogP contribution in [-0.4, -0.2) is 40.5 Å². The predicted molar refractivity (Wildman–Crippen MR) is 134 cm³/mol. The first-order valence-corrected chi connectivity index (χ1v) is 11.6. The summed E-state index contributed by atoms with van der Waals surface area (Å²) in [5.41, 5.74) is 5.25. The largest absolute Gasteiger partial charge is 0.508 e. The number of hydrogen-bond donors (Lipinski definition) is 4. The number of carbonyl (C=O) groups is 1. The molecule has 0 aliphatic heterocycles. The highest BCUT2D eigenvalue weighted by atomic mass is 16.5. The highest BCUT2D eigenvalue weighted by Crippen LogP contribution is 2.31. The van der Waals surface area contributed by atoms with Crippen LogP contribution in [0.3, 0.4) is 0 Å². The fourth-order valence-electron chi connectivity index (χ4n) is 4.02. The Morgan fingerprint density at radius 3 is 2.38 bits per heavy atom. The third-order valence-corrected chi connectivity index (χ3v) is 5.90. The van der Waals surface area contributed by atoms with Crippen molar-refractivity contribution in [3.05, 3.63) is 82.9 Å². The number of phenols is 1. The lowest BCUT2D eigenvalue weighted by Crippen LogP contribution is -2.35. The number of nitrogens with one attached hydrogen (secondary N) is 1. The summed E-state index contributed by atoms with van der Waals surface area (Å²) in [4.78, 5) is 11.4. The SMILES string of the molecule is CCCc1cc(C(=O)O)ccc1-c1ccc(OCCN[C@@H](C)[C@@H](O)c2ccc(O)cc2)cc1C. The van der Waals surface area contributed by atoms with Crippen LogP contribution in [0.15, 0.2) is 60.7 Å². The number of rotatable bonds is 11. The zero-order chi connectivity index (χ0) is 24.7. The van der Waals surface area contributed by atoms with Crippen LogP contribution < -0.4 is 10.1 Å². The molecule has 6 nitrogen and oxygen atoms in total. The summed E-state index contributed by atoms with van der Waals surface area (Å²) >= 11 is 0. The Labute approximate surface area is 200 Å². The maximum absolute atomic E-state index is 11.4. The standard InChI is InChI=1S/C28H33NO5/c1-4-5-21-17-22(28(32)33)8-12-26(21)25-13-11-24(16-18(25)2)34-15-14-29-19(3)27(31)20-6-9-23(30)10-7-20/h6-13,16-17,19,27,29-31H,4-5,14-15H2,1-3H3,(H,32,33)/t19-,27+/m0/s1. The first-order chi connectivity index (χ1) is 16.3. The van der Waals surface area contributed by atoms with Crippen LogP contribution in [0.2, 0.25) is 0 Å². The molecular formula is C28H33NO5. The van der Waals surface area contributed by atoms with Gasteiger partial charge in [0.1, 0.15) is 18.1 Å². The van der Waals surface area contributed by atoms with Gasteiger partial charge in [-0.05, 0) is 84.5 Å². The van der Waals surface area contributed by atoms with Gasteiger partial charge in [0.25, 0.3) is 0 Å². The molecule has 0 spiro atoms. The van der Waals surface area contributed by atoms with Crippen LogP contribution in [0.25, 0.3) is 11.1 Å². The third kappa shape index (κ3) is 6.37. The molecule has 0 heterocycles. The Bertz CT molecular complexity index is 1110. The quantitative estimate of drug-likeness (QED) is 0.295. The van der Waals surface area contributed by atoms with E-state index >= 15 is 0 Å².